The van der Waals surface area contributed by atoms with Gasteiger partial charge in [0.25, 0.3) is 0 Å². The summed E-state index contributed by atoms with van der Waals surface area (Å²) in [5.74, 6) is 0.264. The van der Waals surface area contributed by atoms with E-state index in [2.05, 4.69) is 5.32 Å². The van der Waals surface area contributed by atoms with Gasteiger partial charge in [-0.1, -0.05) is 11.6 Å². The van der Waals surface area contributed by atoms with Gasteiger partial charge >= 0.3 is 5.97 Å². The van der Waals surface area contributed by atoms with Crippen LogP contribution in [-0.4, -0.2) is 25.6 Å². The van der Waals surface area contributed by atoms with Crippen LogP contribution in [0.15, 0.2) is 18.2 Å². The van der Waals surface area contributed by atoms with Crippen LogP contribution in [-0.2, 0) is 22.4 Å². The number of carbonyl (C=O) groups excluding carboxylic acids is 2. The third-order valence-electron chi connectivity index (χ3n) is 4.76. The monoisotopic (exact) mass is 421 g/mol. The van der Waals surface area contributed by atoms with Crippen LogP contribution in [0.1, 0.15) is 52.0 Å². The number of anilines is 1. The zero-order valence-electron chi connectivity index (χ0n) is 16.1. The molecule has 0 fully saturated rings. The number of aryl methyl sites for hydroxylation is 2. The molecule has 0 unspecified atom stereocenters. The fraction of sp³-hybridized carbons (Fsp3) is 0.429. The molecule has 1 amide bonds. The lowest BCUT2D eigenvalue weighted by atomic mass is 9.95. The number of benzene rings is 1. The molecule has 1 aliphatic rings. The lowest BCUT2D eigenvalue weighted by Gasteiger charge is -2.12. The second-order valence-electron chi connectivity index (χ2n) is 6.82. The summed E-state index contributed by atoms with van der Waals surface area (Å²) < 4.78 is 10.7. The molecule has 1 aliphatic carbocycles. The minimum absolute atomic E-state index is 0.125. The van der Waals surface area contributed by atoms with Crippen molar-refractivity contribution >= 4 is 39.8 Å². The molecule has 0 saturated heterocycles. The Morgan fingerprint density at radius 2 is 2.04 bits per heavy atom. The Balaban J connectivity index is 1.56. The van der Waals surface area contributed by atoms with Crippen LogP contribution in [0.3, 0.4) is 0 Å². The van der Waals surface area contributed by atoms with Crippen LogP contribution >= 0.6 is 22.9 Å². The quantitative estimate of drug-likeness (QED) is 0.494. The standard InChI is InChI=1S/C21H24ClNO4S/c1-13-12-14(22)9-10-16(13)27-11-5-8-18(24)23-20-19(21(25)26-2)15-6-3-4-7-17(15)28-20/h9-10,12H,3-8,11H2,1-2H3,(H,23,24). The molecule has 0 atom stereocenters. The molecule has 5 nitrogen and oxygen atoms in total. The van der Waals surface area contributed by atoms with Crippen molar-refractivity contribution in [2.24, 2.45) is 0 Å². The van der Waals surface area contributed by atoms with Crippen LogP contribution in [0.5, 0.6) is 5.75 Å². The molecule has 2 aromatic rings. The summed E-state index contributed by atoms with van der Waals surface area (Å²) in [6, 6.07) is 5.45. The maximum atomic E-state index is 12.4. The number of methoxy groups -OCH3 is 1. The van der Waals surface area contributed by atoms with E-state index < -0.39 is 0 Å². The summed E-state index contributed by atoms with van der Waals surface area (Å²) in [5, 5.41) is 4.19. The average Bonchev–Trinajstić information content (AvgIpc) is 3.03. The summed E-state index contributed by atoms with van der Waals surface area (Å²) in [4.78, 5) is 25.8. The first-order valence-corrected chi connectivity index (χ1v) is 10.6. The maximum Gasteiger partial charge on any atom is 0.341 e. The Morgan fingerprint density at radius 1 is 1.25 bits per heavy atom. The summed E-state index contributed by atoms with van der Waals surface area (Å²) in [6.45, 7) is 2.36. The van der Waals surface area contributed by atoms with Crippen LogP contribution < -0.4 is 10.1 Å². The van der Waals surface area contributed by atoms with Crippen molar-refractivity contribution in [3.63, 3.8) is 0 Å². The zero-order chi connectivity index (χ0) is 20.1. The summed E-state index contributed by atoms with van der Waals surface area (Å²) in [5.41, 5.74) is 2.53. The molecular weight excluding hydrogens is 398 g/mol. The van der Waals surface area contributed by atoms with Crippen LogP contribution in [0.4, 0.5) is 5.00 Å². The minimum atomic E-state index is -0.378. The lowest BCUT2D eigenvalue weighted by Crippen LogP contribution is -2.15. The molecule has 1 aromatic carbocycles. The van der Waals surface area contributed by atoms with E-state index in [1.54, 1.807) is 6.07 Å². The molecule has 0 bridgehead atoms. The van der Waals surface area contributed by atoms with Gasteiger partial charge in [-0.25, -0.2) is 4.79 Å². The number of amides is 1. The van der Waals surface area contributed by atoms with Gasteiger partial charge in [0.15, 0.2) is 0 Å². The first-order chi connectivity index (χ1) is 13.5. The molecule has 1 aromatic heterocycles. The first-order valence-electron chi connectivity index (χ1n) is 9.41. The van der Waals surface area contributed by atoms with Gasteiger partial charge in [0.05, 0.1) is 19.3 Å². The number of thiophene rings is 1. The van der Waals surface area contributed by atoms with E-state index in [9.17, 15) is 9.59 Å². The van der Waals surface area contributed by atoms with E-state index in [0.29, 0.717) is 35.0 Å². The van der Waals surface area contributed by atoms with Gasteiger partial charge in [-0.05, 0) is 68.4 Å². The smallest absolute Gasteiger partial charge is 0.341 e. The topological polar surface area (TPSA) is 64.6 Å². The van der Waals surface area contributed by atoms with Crippen molar-refractivity contribution < 1.29 is 19.1 Å². The van der Waals surface area contributed by atoms with Gasteiger partial charge in [0, 0.05) is 16.3 Å². The van der Waals surface area contributed by atoms with Crippen LogP contribution in [0.2, 0.25) is 5.02 Å². The zero-order valence-corrected chi connectivity index (χ0v) is 17.7. The SMILES string of the molecule is COC(=O)c1c(NC(=O)CCCOc2ccc(Cl)cc2C)sc2c1CCCC2. The number of esters is 1. The Bertz CT molecular complexity index is 878. The Morgan fingerprint density at radius 3 is 2.79 bits per heavy atom. The van der Waals surface area contributed by atoms with Gasteiger partial charge in [-0.3, -0.25) is 4.79 Å². The maximum absolute atomic E-state index is 12.4. The lowest BCUT2D eigenvalue weighted by molar-refractivity contribution is -0.116. The highest BCUT2D eigenvalue weighted by atomic mass is 35.5. The number of nitrogens with one attached hydrogen (secondary N) is 1. The van der Waals surface area contributed by atoms with Gasteiger partial charge in [0.1, 0.15) is 10.8 Å². The second kappa shape index (κ2) is 9.43. The number of carbonyl (C=O) groups is 2. The molecule has 1 N–H and O–H groups in total. The number of hydrogen-bond donors (Lipinski definition) is 1. The predicted octanol–water partition coefficient (Wildman–Crippen LogP) is 5.17. The molecule has 7 heteroatoms. The van der Waals surface area contributed by atoms with Crippen LogP contribution in [0.25, 0.3) is 0 Å². The molecule has 3 rings (SSSR count). The number of hydrogen-bond acceptors (Lipinski definition) is 5. The van der Waals surface area contributed by atoms with E-state index in [1.165, 1.54) is 23.3 Å². The third kappa shape index (κ3) is 4.86. The van der Waals surface area contributed by atoms with E-state index in [4.69, 9.17) is 21.1 Å². The fourth-order valence-corrected chi connectivity index (χ4v) is 4.87. The molecule has 28 heavy (non-hydrogen) atoms. The number of fused-ring (bicyclic) bond motifs is 1. The van der Waals surface area contributed by atoms with Crippen molar-refractivity contribution in [1.82, 2.24) is 0 Å². The van der Waals surface area contributed by atoms with E-state index >= 15 is 0 Å². The predicted molar refractivity (Wildman–Crippen MR) is 112 cm³/mol. The normalized spacial score (nSPS) is 13.0. The average molecular weight is 422 g/mol. The van der Waals surface area contributed by atoms with Crippen molar-refractivity contribution in [1.29, 1.82) is 0 Å². The van der Waals surface area contributed by atoms with E-state index in [0.717, 1.165) is 42.6 Å². The molecule has 0 saturated carbocycles. The molecule has 1 heterocycles. The minimum Gasteiger partial charge on any atom is -0.493 e. The Labute approximate surface area is 174 Å². The number of ether oxygens (including phenoxy) is 2. The van der Waals surface area contributed by atoms with Crippen LogP contribution in [0, 0.1) is 6.92 Å². The van der Waals surface area contributed by atoms with Crippen molar-refractivity contribution in [3.8, 4) is 5.75 Å². The molecule has 0 aliphatic heterocycles. The molecule has 0 radical (unpaired) electrons. The van der Waals surface area contributed by atoms with Gasteiger partial charge < -0.3 is 14.8 Å². The van der Waals surface area contributed by atoms with E-state index in [-0.39, 0.29) is 11.9 Å². The third-order valence-corrected chi connectivity index (χ3v) is 6.20. The number of rotatable bonds is 7. The van der Waals surface area contributed by atoms with Crippen molar-refractivity contribution in [2.45, 2.75) is 45.4 Å². The highest BCUT2D eigenvalue weighted by molar-refractivity contribution is 7.17. The first kappa shape index (κ1) is 20.7. The van der Waals surface area contributed by atoms with Crippen molar-refractivity contribution in [3.05, 3.63) is 44.8 Å². The van der Waals surface area contributed by atoms with E-state index in [1.807, 2.05) is 19.1 Å². The largest absolute Gasteiger partial charge is 0.493 e. The second-order valence-corrected chi connectivity index (χ2v) is 8.36. The Kier molecular flexibility index (Phi) is 6.97. The number of halogens is 1. The van der Waals surface area contributed by atoms with Gasteiger partial charge in [-0.15, -0.1) is 11.3 Å². The highest BCUT2D eigenvalue weighted by Crippen LogP contribution is 2.38. The summed E-state index contributed by atoms with van der Waals surface area (Å²) in [6.07, 6.45) is 4.88. The van der Waals surface area contributed by atoms with Gasteiger partial charge in [-0.2, -0.15) is 0 Å². The fourth-order valence-electron chi connectivity index (χ4n) is 3.35. The highest BCUT2D eigenvalue weighted by Gasteiger charge is 2.26. The van der Waals surface area contributed by atoms with Gasteiger partial charge in [0.2, 0.25) is 5.91 Å². The molecule has 0 spiro atoms. The molecular formula is C21H24ClNO4S. The molecule has 150 valence electrons. The van der Waals surface area contributed by atoms with Crippen molar-refractivity contribution in [2.75, 3.05) is 19.0 Å². The Hall–Kier alpha value is -2.05. The summed E-state index contributed by atoms with van der Waals surface area (Å²) in [7, 11) is 1.37. The summed E-state index contributed by atoms with van der Waals surface area (Å²) >= 11 is 7.44.